The average molecular weight is 428 g/mol. The molecular weight excluding hydrogens is 406 g/mol. The van der Waals surface area contributed by atoms with Crippen molar-refractivity contribution >= 4 is 45.4 Å². The van der Waals surface area contributed by atoms with Crippen LogP contribution >= 0.6 is 11.6 Å². The third-order valence-corrected chi connectivity index (χ3v) is 4.89. The maximum absolute atomic E-state index is 12.0. The molecule has 4 rings (SSSR count). The largest absolute Gasteiger partial charge is 0.390 e. The highest BCUT2D eigenvalue weighted by molar-refractivity contribution is 6.31. The average Bonchev–Trinajstić information content (AvgIpc) is 3.23. The number of imidazole rings is 1. The number of carbonyl (C=O) groups excluding carboxylic acids is 1. The first-order valence-corrected chi connectivity index (χ1v) is 9.78. The Bertz CT molecular complexity index is 1240. The van der Waals surface area contributed by atoms with Crippen molar-refractivity contribution in [2.75, 3.05) is 5.73 Å². The summed E-state index contributed by atoms with van der Waals surface area (Å²) >= 11 is 6.33. The number of fused-ring (bicyclic) bond motifs is 2. The molecule has 10 heteroatoms. The number of rotatable bonds is 6. The molecule has 156 valence electrons. The Kier molecular flexibility index (Phi) is 5.08. The normalized spacial score (nSPS) is 12.0. The van der Waals surface area contributed by atoms with Crippen LogP contribution in [-0.4, -0.2) is 41.1 Å². The summed E-state index contributed by atoms with van der Waals surface area (Å²) in [7, 11) is 0. The summed E-state index contributed by atoms with van der Waals surface area (Å²) in [5.41, 5.74) is 8.71. The Labute approximate surface area is 177 Å². The molecule has 0 saturated carbocycles. The number of benzene rings is 1. The number of aromatic amines is 1. The van der Waals surface area contributed by atoms with Crippen LogP contribution in [-0.2, 0) is 17.9 Å². The molecule has 0 fully saturated rings. The van der Waals surface area contributed by atoms with E-state index in [9.17, 15) is 9.90 Å². The summed E-state index contributed by atoms with van der Waals surface area (Å²) in [6.07, 6.45) is 3.11. The molecular formula is C20H22ClN7O2. The van der Waals surface area contributed by atoms with Crippen LogP contribution in [0.4, 0.5) is 5.82 Å². The van der Waals surface area contributed by atoms with Gasteiger partial charge < -0.3 is 25.7 Å². The van der Waals surface area contributed by atoms with Gasteiger partial charge in [0.25, 0.3) is 0 Å². The van der Waals surface area contributed by atoms with Crippen molar-refractivity contribution in [1.82, 2.24) is 29.8 Å². The van der Waals surface area contributed by atoms with Gasteiger partial charge in [0.05, 0.1) is 37.0 Å². The van der Waals surface area contributed by atoms with E-state index in [1.54, 1.807) is 20.2 Å². The zero-order valence-corrected chi connectivity index (χ0v) is 17.4. The van der Waals surface area contributed by atoms with Crippen molar-refractivity contribution in [3.05, 3.63) is 47.1 Å². The summed E-state index contributed by atoms with van der Waals surface area (Å²) in [4.78, 5) is 27.9. The fraction of sp³-hybridized carbons (Fsp3) is 0.300. The molecule has 0 radical (unpaired) electrons. The van der Waals surface area contributed by atoms with E-state index in [1.807, 2.05) is 22.8 Å². The second-order valence-electron chi connectivity index (χ2n) is 7.89. The van der Waals surface area contributed by atoms with E-state index < -0.39 is 5.60 Å². The number of nitrogen functional groups attached to an aromatic ring is 1. The van der Waals surface area contributed by atoms with Crippen molar-refractivity contribution < 1.29 is 9.90 Å². The van der Waals surface area contributed by atoms with Crippen molar-refractivity contribution in [3.8, 4) is 0 Å². The van der Waals surface area contributed by atoms with Crippen molar-refractivity contribution in [3.63, 3.8) is 0 Å². The highest BCUT2D eigenvalue weighted by Gasteiger charge is 2.18. The molecule has 9 nitrogen and oxygen atoms in total. The Morgan fingerprint density at radius 1 is 1.30 bits per heavy atom. The van der Waals surface area contributed by atoms with Crippen molar-refractivity contribution in [2.45, 2.75) is 39.0 Å². The van der Waals surface area contributed by atoms with Gasteiger partial charge in [0.2, 0.25) is 5.91 Å². The third kappa shape index (κ3) is 4.22. The van der Waals surface area contributed by atoms with E-state index in [1.165, 1.54) is 6.33 Å². The lowest BCUT2D eigenvalue weighted by atomic mass is 10.1. The first-order valence-electron chi connectivity index (χ1n) is 9.40. The Morgan fingerprint density at radius 2 is 2.10 bits per heavy atom. The van der Waals surface area contributed by atoms with Gasteiger partial charge in [-0.15, -0.1) is 0 Å². The topological polar surface area (TPSA) is 135 Å². The number of aromatic nitrogens is 5. The minimum absolute atomic E-state index is 0.0308. The number of nitrogens with one attached hydrogen (secondary N) is 2. The molecule has 0 unspecified atom stereocenters. The van der Waals surface area contributed by atoms with E-state index >= 15 is 0 Å². The maximum atomic E-state index is 12.0. The second-order valence-corrected chi connectivity index (χ2v) is 8.33. The smallest absolute Gasteiger partial charge is 0.223 e. The fourth-order valence-corrected chi connectivity index (χ4v) is 3.65. The highest BCUT2D eigenvalue weighted by Crippen LogP contribution is 2.26. The maximum Gasteiger partial charge on any atom is 0.223 e. The SMILES string of the molecule is CC(C)(O)CC(=O)NCc1cc2cc(Cl)cc(Cn3cnc4c(N)ncnc43)c2[nH]1. The monoisotopic (exact) mass is 427 g/mol. The summed E-state index contributed by atoms with van der Waals surface area (Å²) in [6.45, 7) is 4.00. The second kappa shape index (κ2) is 7.58. The molecule has 30 heavy (non-hydrogen) atoms. The molecule has 0 aliphatic carbocycles. The molecule has 0 saturated heterocycles. The predicted octanol–water partition coefficient (Wildman–Crippen LogP) is 2.37. The molecule has 0 bridgehead atoms. The predicted molar refractivity (Wildman–Crippen MR) is 115 cm³/mol. The summed E-state index contributed by atoms with van der Waals surface area (Å²) in [5.74, 6) is 0.112. The van der Waals surface area contributed by atoms with Crippen molar-refractivity contribution in [2.24, 2.45) is 0 Å². The van der Waals surface area contributed by atoms with Gasteiger partial charge in [-0.25, -0.2) is 15.0 Å². The number of carbonyl (C=O) groups is 1. The van der Waals surface area contributed by atoms with Crippen LogP contribution in [0.5, 0.6) is 0 Å². The summed E-state index contributed by atoms with van der Waals surface area (Å²) in [5, 5.41) is 14.1. The van der Waals surface area contributed by atoms with Gasteiger partial charge in [0.15, 0.2) is 11.5 Å². The van der Waals surface area contributed by atoms with Gasteiger partial charge in [0.1, 0.15) is 11.8 Å². The van der Waals surface area contributed by atoms with Crippen LogP contribution in [0.25, 0.3) is 22.1 Å². The van der Waals surface area contributed by atoms with E-state index in [0.717, 1.165) is 22.2 Å². The lowest BCUT2D eigenvalue weighted by Gasteiger charge is -2.15. The molecule has 0 aliphatic rings. The van der Waals surface area contributed by atoms with Crippen molar-refractivity contribution in [1.29, 1.82) is 0 Å². The van der Waals surface area contributed by atoms with Crippen LogP contribution in [0.15, 0.2) is 30.9 Å². The summed E-state index contributed by atoms with van der Waals surface area (Å²) < 4.78 is 1.88. The van der Waals surface area contributed by atoms with Gasteiger partial charge in [-0.2, -0.15) is 0 Å². The van der Waals surface area contributed by atoms with E-state index in [0.29, 0.717) is 35.1 Å². The zero-order valence-electron chi connectivity index (χ0n) is 16.6. The molecule has 1 amide bonds. The molecule has 1 aromatic carbocycles. The van der Waals surface area contributed by atoms with Crippen LogP contribution in [0, 0.1) is 0 Å². The number of aliphatic hydroxyl groups is 1. The number of amides is 1. The van der Waals surface area contributed by atoms with Gasteiger partial charge in [-0.05, 0) is 37.6 Å². The van der Waals surface area contributed by atoms with E-state index in [-0.39, 0.29) is 12.3 Å². The van der Waals surface area contributed by atoms with Gasteiger partial charge in [-0.1, -0.05) is 11.6 Å². The van der Waals surface area contributed by atoms with Gasteiger partial charge in [0, 0.05) is 16.1 Å². The minimum atomic E-state index is -1.05. The molecule has 3 aromatic heterocycles. The minimum Gasteiger partial charge on any atom is -0.390 e. The molecule has 3 heterocycles. The molecule has 4 aromatic rings. The van der Waals surface area contributed by atoms with Gasteiger partial charge >= 0.3 is 0 Å². The number of H-pyrrole nitrogens is 1. The standard InChI is InChI=1S/C20H22ClN7O2/c1-20(2,30)6-15(29)23-7-14-5-11-3-13(21)4-12(16(11)27-14)8-28-10-26-17-18(22)24-9-25-19(17)28/h3-5,9-10,27,30H,6-8H2,1-2H3,(H,23,29)(H2,22,24,25). The zero-order chi connectivity index (χ0) is 21.5. The van der Waals surface area contributed by atoms with Crippen LogP contribution < -0.4 is 11.1 Å². The van der Waals surface area contributed by atoms with Gasteiger partial charge in [-0.3, -0.25) is 4.79 Å². The van der Waals surface area contributed by atoms with E-state index in [2.05, 4.69) is 25.3 Å². The first kappa shape index (κ1) is 20.1. The Balaban J connectivity index is 1.61. The number of nitrogens with zero attached hydrogens (tertiary/aromatic N) is 4. The van der Waals surface area contributed by atoms with E-state index in [4.69, 9.17) is 17.3 Å². The Hall–Kier alpha value is -3.17. The number of halogens is 1. The van der Waals surface area contributed by atoms with Crippen LogP contribution in [0.1, 0.15) is 31.5 Å². The lowest BCUT2D eigenvalue weighted by molar-refractivity contribution is -0.125. The molecule has 0 atom stereocenters. The number of hydrogen-bond acceptors (Lipinski definition) is 6. The first-order chi connectivity index (χ1) is 14.2. The molecule has 5 N–H and O–H groups in total. The van der Waals surface area contributed by atoms with Crippen LogP contribution in [0.2, 0.25) is 5.02 Å². The molecule has 0 aliphatic heterocycles. The lowest BCUT2D eigenvalue weighted by Crippen LogP contribution is -2.31. The quantitative estimate of drug-likeness (QED) is 0.373. The number of hydrogen-bond donors (Lipinski definition) is 4. The summed E-state index contributed by atoms with van der Waals surface area (Å²) in [6, 6.07) is 5.69. The van der Waals surface area contributed by atoms with Crippen LogP contribution in [0.3, 0.4) is 0 Å². The Morgan fingerprint density at radius 3 is 2.87 bits per heavy atom. The number of nitrogens with two attached hydrogens (primary N) is 1. The molecule has 0 spiro atoms. The third-order valence-electron chi connectivity index (χ3n) is 4.67. The fourth-order valence-electron chi connectivity index (χ4n) is 3.40. The number of anilines is 1. The highest BCUT2D eigenvalue weighted by atomic mass is 35.5.